The van der Waals surface area contributed by atoms with Crippen LogP contribution in [0.4, 0.5) is 19.0 Å². The summed E-state index contributed by atoms with van der Waals surface area (Å²) in [5.41, 5.74) is 2.19. The summed E-state index contributed by atoms with van der Waals surface area (Å²) in [7, 11) is -0.757. The fourth-order valence-corrected chi connectivity index (χ4v) is 9.16. The Labute approximate surface area is 479 Å². The predicted molar refractivity (Wildman–Crippen MR) is 304 cm³/mol. The van der Waals surface area contributed by atoms with E-state index in [0.717, 1.165) is 41.7 Å². The van der Waals surface area contributed by atoms with E-state index in [1.165, 1.54) is 25.5 Å². The molecule has 4 N–H and O–H groups in total. The van der Waals surface area contributed by atoms with Gasteiger partial charge in [0.15, 0.2) is 31.9 Å². The van der Waals surface area contributed by atoms with E-state index in [-0.39, 0.29) is 45.2 Å². The molecule has 22 nitrogen and oxygen atoms in total. The third-order valence-corrected chi connectivity index (χ3v) is 15.0. The van der Waals surface area contributed by atoms with Crippen LogP contribution in [0.5, 0.6) is 5.75 Å². The number of hydrogen-bond donors (Lipinski definition) is 3. The number of aromatic nitrogens is 4. The van der Waals surface area contributed by atoms with Crippen molar-refractivity contribution in [2.75, 3.05) is 143 Å². The Morgan fingerprint density at radius 3 is 1.98 bits per heavy atom. The van der Waals surface area contributed by atoms with Gasteiger partial charge in [0, 0.05) is 51.7 Å². The van der Waals surface area contributed by atoms with Gasteiger partial charge in [-0.2, -0.15) is 10.2 Å². The van der Waals surface area contributed by atoms with Crippen molar-refractivity contribution in [1.82, 2.24) is 19.7 Å². The van der Waals surface area contributed by atoms with Crippen molar-refractivity contribution in [3.8, 4) is 5.75 Å². The summed E-state index contributed by atoms with van der Waals surface area (Å²) in [5, 5.41) is 9.93. The number of fused-ring (bicyclic) bond motifs is 1. The van der Waals surface area contributed by atoms with Crippen molar-refractivity contribution in [3.63, 3.8) is 0 Å². The first-order valence-electron chi connectivity index (χ1n) is 26.8. The molecule has 4 aromatic rings. The SMILES string of the molecule is C1CC1.CCC1CCC(n2ncc3c(N(CCOCCOCCOCCOC/C(C=NCCOCCOCCOCCOCCC(=O)Oc4c(F)cc(F)cc4F)=N/N)Cc4ccccc4Cl)nc(C)nc32)O1.COP(C)CP(O)O. The van der Waals surface area contributed by atoms with Crippen LogP contribution < -0.4 is 15.5 Å². The molecular formula is C53H80ClF3N8O14P2. The molecule has 1 aliphatic carbocycles. The van der Waals surface area contributed by atoms with Crippen LogP contribution in [0, 0.1) is 24.4 Å². The number of halogens is 4. The summed E-state index contributed by atoms with van der Waals surface area (Å²) in [5.74, 6) is 1.67. The minimum absolute atomic E-state index is 0.0524. The maximum atomic E-state index is 13.6. The van der Waals surface area contributed by atoms with Gasteiger partial charge in [0.05, 0.1) is 142 Å². The van der Waals surface area contributed by atoms with E-state index in [2.05, 4.69) is 26.7 Å². The molecule has 0 bridgehead atoms. The number of rotatable bonds is 39. The van der Waals surface area contributed by atoms with E-state index in [0.29, 0.717) is 134 Å². The van der Waals surface area contributed by atoms with Gasteiger partial charge in [0.25, 0.3) is 0 Å². The molecule has 28 heteroatoms. The van der Waals surface area contributed by atoms with Crippen molar-refractivity contribution < 1.29 is 79.6 Å². The quantitative estimate of drug-likeness (QED) is 0.00729. The van der Waals surface area contributed by atoms with Crippen LogP contribution >= 0.6 is 28.1 Å². The Hall–Kier alpha value is -4.14. The molecule has 3 atom stereocenters. The lowest BCUT2D eigenvalue weighted by molar-refractivity contribution is -0.136. The second kappa shape index (κ2) is 41.8. The molecule has 1 saturated carbocycles. The van der Waals surface area contributed by atoms with E-state index < -0.39 is 45.7 Å². The summed E-state index contributed by atoms with van der Waals surface area (Å²) in [4.78, 5) is 44.6. The largest absolute Gasteiger partial charge is 0.420 e. The molecule has 1 aliphatic heterocycles. The fraction of sp³-hybridized carbons (Fsp3) is 0.623. The third kappa shape index (κ3) is 29.3. The van der Waals surface area contributed by atoms with E-state index in [9.17, 15) is 18.0 Å². The second-order valence-corrected chi connectivity index (χ2v) is 21.8. The smallest absolute Gasteiger partial charge is 0.313 e. The van der Waals surface area contributed by atoms with Crippen molar-refractivity contribution in [2.24, 2.45) is 15.9 Å². The van der Waals surface area contributed by atoms with Gasteiger partial charge in [-0.05, 0) is 44.5 Å². The number of hydrazone groups is 1. The molecule has 1 saturated heterocycles. The minimum atomic E-state index is -1.74. The molecule has 3 unspecified atom stereocenters. The number of carbonyl (C=O) groups is 1. The van der Waals surface area contributed by atoms with E-state index in [1.54, 1.807) is 7.11 Å². The number of esters is 1. The molecule has 454 valence electrons. The first-order chi connectivity index (χ1) is 39.3. The summed E-state index contributed by atoms with van der Waals surface area (Å²) in [6.07, 6.45) is 10.5. The number of aryl methyl sites for hydroxylation is 1. The number of carbonyl (C=O) groups excluding carboxylic acids is 1. The van der Waals surface area contributed by atoms with Crippen LogP contribution in [-0.2, 0) is 58.5 Å². The van der Waals surface area contributed by atoms with Gasteiger partial charge >= 0.3 is 5.97 Å². The fourth-order valence-electron chi connectivity index (χ4n) is 7.08. The number of ether oxygens (including phenoxy) is 10. The van der Waals surface area contributed by atoms with Crippen LogP contribution in [-0.4, -0.2) is 192 Å². The standard InChI is InChI=1S/C47H64ClF3N8O11.C3H10O3P2.C3H6/c1-3-38-8-9-43(69-38)59-47-39(31-54-59)46(55-34(2)56-47)58(32-35-6-4-5-7-40(35)48)12-15-63-18-21-66-24-25-67-26-27-68-33-37(57-52)30-53-11-14-62-17-20-65-23-22-64-19-16-61-13-10-44(60)70-45-41(50)28-36(49)29-42(45)51;1-6-7(2)3-8(4)5;1-2-3-1/h4-7,28-31,38,43H,3,8-27,32-33,52H2,1-2H3;4-5H,3H2,1-2H3;1-3H2/b53-30?,57-37+;;. The van der Waals surface area contributed by atoms with Crippen LogP contribution in [0.3, 0.4) is 0 Å². The van der Waals surface area contributed by atoms with Gasteiger partial charge in [-0.3, -0.25) is 9.79 Å². The molecule has 2 fully saturated rings. The van der Waals surface area contributed by atoms with Crippen molar-refractivity contribution >= 4 is 62.9 Å². The van der Waals surface area contributed by atoms with Crippen LogP contribution in [0.1, 0.15) is 69.5 Å². The molecule has 6 rings (SSSR count). The lowest BCUT2D eigenvalue weighted by Gasteiger charge is -2.25. The van der Waals surface area contributed by atoms with E-state index >= 15 is 0 Å². The van der Waals surface area contributed by atoms with Crippen molar-refractivity contribution in [2.45, 2.75) is 77.7 Å². The zero-order valence-electron chi connectivity index (χ0n) is 46.8. The van der Waals surface area contributed by atoms with Crippen molar-refractivity contribution in [3.05, 3.63) is 76.5 Å². The molecule has 0 radical (unpaired) electrons. The molecule has 0 spiro atoms. The number of nitrogens with two attached hydrogens (primary N) is 1. The summed E-state index contributed by atoms with van der Waals surface area (Å²) >= 11 is 6.60. The first kappa shape index (κ1) is 69.4. The molecule has 2 aromatic carbocycles. The van der Waals surface area contributed by atoms with E-state index in [1.807, 2.05) is 48.7 Å². The minimum Gasteiger partial charge on any atom is -0.420 e. The van der Waals surface area contributed by atoms with E-state index in [4.69, 9.17) is 89.5 Å². The first-order valence-corrected chi connectivity index (χ1v) is 30.5. The lowest BCUT2D eigenvalue weighted by atomic mass is 10.2. The molecular weight excluding hydrogens is 1130 g/mol. The van der Waals surface area contributed by atoms with Gasteiger partial charge in [0.2, 0.25) is 5.75 Å². The summed E-state index contributed by atoms with van der Waals surface area (Å²) in [6.45, 7) is 12.4. The number of anilines is 1. The average Bonchev–Trinajstić information content (AvgIpc) is 4.33. The molecule has 2 aromatic heterocycles. The maximum absolute atomic E-state index is 13.6. The maximum Gasteiger partial charge on any atom is 0.313 e. The van der Waals surface area contributed by atoms with Gasteiger partial charge in [-0.15, -0.1) is 0 Å². The normalized spacial score (nSPS) is 15.5. The lowest BCUT2D eigenvalue weighted by Crippen LogP contribution is -2.29. The summed E-state index contributed by atoms with van der Waals surface area (Å²) in [6, 6.07) is 8.62. The Balaban J connectivity index is 0.00000115. The third-order valence-electron chi connectivity index (χ3n) is 11.4. The molecule has 0 amide bonds. The van der Waals surface area contributed by atoms with Crippen LogP contribution in [0.2, 0.25) is 5.02 Å². The zero-order valence-corrected chi connectivity index (χ0v) is 49.3. The number of nitrogens with zero attached hydrogens (tertiary/aromatic N) is 7. The number of benzene rings is 2. The highest BCUT2D eigenvalue weighted by Crippen LogP contribution is 2.43. The number of aliphatic imine (C=N–C) groups is 1. The van der Waals surface area contributed by atoms with Crippen LogP contribution in [0.15, 0.2) is 52.7 Å². The predicted octanol–water partition coefficient (Wildman–Crippen LogP) is 7.90. The van der Waals surface area contributed by atoms with Gasteiger partial charge < -0.3 is 72.4 Å². The van der Waals surface area contributed by atoms with Crippen molar-refractivity contribution in [1.29, 1.82) is 0 Å². The molecule has 2 aliphatic rings. The van der Waals surface area contributed by atoms with Crippen LogP contribution in [0.25, 0.3) is 11.0 Å². The van der Waals surface area contributed by atoms with Gasteiger partial charge in [0.1, 0.15) is 23.2 Å². The Kier molecular flexibility index (Phi) is 35.8. The Morgan fingerprint density at radius 1 is 0.852 bits per heavy atom. The highest BCUT2D eigenvalue weighted by atomic mass is 35.5. The molecule has 81 heavy (non-hydrogen) atoms. The van der Waals surface area contributed by atoms with Gasteiger partial charge in [-0.1, -0.05) is 56.0 Å². The average molecular weight is 1210 g/mol. The number of hydrogen-bond acceptors (Lipinski definition) is 21. The topological polar surface area (TPSA) is 257 Å². The highest BCUT2D eigenvalue weighted by Gasteiger charge is 2.29. The van der Waals surface area contributed by atoms with Gasteiger partial charge in [-0.25, -0.2) is 27.8 Å². The Morgan fingerprint density at radius 2 is 1.43 bits per heavy atom. The monoisotopic (exact) mass is 1210 g/mol. The molecule has 3 heterocycles. The second-order valence-electron chi connectivity index (χ2n) is 17.9. The Bertz CT molecular complexity index is 2420. The zero-order chi connectivity index (χ0) is 58.5. The highest BCUT2D eigenvalue weighted by molar-refractivity contribution is 7.66. The summed E-state index contributed by atoms with van der Waals surface area (Å²) < 4.78 is 102.